The maximum absolute atomic E-state index is 4.22. The standard InChI is InChI=1S/C10H11N3/c1-7-10-9(8-2-3-8)4-5-13(10)12-6-11-7/h4-6,8H,2-3H2,1H3. The van der Waals surface area contributed by atoms with Crippen LogP contribution in [0.4, 0.5) is 0 Å². The molecule has 13 heavy (non-hydrogen) atoms. The second-order valence-electron chi connectivity index (χ2n) is 3.68. The molecule has 3 rings (SSSR count). The molecule has 0 spiro atoms. The van der Waals surface area contributed by atoms with E-state index in [4.69, 9.17) is 0 Å². The SMILES string of the molecule is Cc1ncnn2ccc(C3CC3)c12. The molecule has 1 fully saturated rings. The van der Waals surface area contributed by atoms with E-state index in [2.05, 4.69) is 16.1 Å². The molecule has 2 heterocycles. The van der Waals surface area contributed by atoms with Crippen LogP contribution in [-0.4, -0.2) is 14.6 Å². The summed E-state index contributed by atoms with van der Waals surface area (Å²) in [4.78, 5) is 4.22. The van der Waals surface area contributed by atoms with Crippen molar-refractivity contribution in [3.05, 3.63) is 29.8 Å². The predicted molar refractivity (Wildman–Crippen MR) is 49.7 cm³/mol. The van der Waals surface area contributed by atoms with Crippen molar-refractivity contribution in [2.75, 3.05) is 0 Å². The predicted octanol–water partition coefficient (Wildman–Crippen LogP) is 1.92. The van der Waals surface area contributed by atoms with E-state index in [-0.39, 0.29) is 0 Å². The van der Waals surface area contributed by atoms with Gasteiger partial charge in [-0.25, -0.2) is 9.50 Å². The van der Waals surface area contributed by atoms with E-state index in [1.807, 2.05) is 17.6 Å². The summed E-state index contributed by atoms with van der Waals surface area (Å²) in [5.41, 5.74) is 3.73. The van der Waals surface area contributed by atoms with Gasteiger partial charge in [0.1, 0.15) is 6.33 Å². The molecule has 1 aliphatic rings. The Hall–Kier alpha value is -1.38. The summed E-state index contributed by atoms with van der Waals surface area (Å²) in [6, 6.07) is 2.18. The van der Waals surface area contributed by atoms with Crippen LogP contribution in [0.1, 0.15) is 30.0 Å². The zero-order chi connectivity index (χ0) is 8.84. The van der Waals surface area contributed by atoms with Gasteiger partial charge in [0.15, 0.2) is 0 Å². The van der Waals surface area contributed by atoms with Crippen LogP contribution in [0, 0.1) is 6.92 Å². The van der Waals surface area contributed by atoms with Crippen molar-refractivity contribution >= 4 is 5.52 Å². The summed E-state index contributed by atoms with van der Waals surface area (Å²) >= 11 is 0. The van der Waals surface area contributed by atoms with Crippen LogP contribution >= 0.6 is 0 Å². The molecule has 1 aliphatic carbocycles. The third kappa shape index (κ3) is 0.963. The minimum Gasteiger partial charge on any atom is -0.238 e. The lowest BCUT2D eigenvalue weighted by Crippen LogP contribution is -1.95. The smallest absolute Gasteiger partial charge is 0.136 e. The van der Waals surface area contributed by atoms with Gasteiger partial charge in [-0.15, -0.1) is 0 Å². The van der Waals surface area contributed by atoms with Gasteiger partial charge in [0.25, 0.3) is 0 Å². The molecule has 0 aromatic carbocycles. The first-order valence-corrected chi connectivity index (χ1v) is 4.65. The second kappa shape index (κ2) is 2.31. The van der Waals surface area contributed by atoms with Crippen molar-refractivity contribution in [1.82, 2.24) is 14.6 Å². The van der Waals surface area contributed by atoms with Crippen molar-refractivity contribution < 1.29 is 0 Å². The number of fused-ring (bicyclic) bond motifs is 1. The molecule has 3 nitrogen and oxygen atoms in total. The van der Waals surface area contributed by atoms with Gasteiger partial charge >= 0.3 is 0 Å². The molecular weight excluding hydrogens is 162 g/mol. The van der Waals surface area contributed by atoms with Gasteiger partial charge in [0.05, 0.1) is 11.2 Å². The number of hydrogen-bond acceptors (Lipinski definition) is 2. The molecule has 0 unspecified atom stereocenters. The summed E-state index contributed by atoms with van der Waals surface area (Å²) in [5.74, 6) is 0.773. The van der Waals surface area contributed by atoms with Gasteiger partial charge in [-0.05, 0) is 37.3 Å². The van der Waals surface area contributed by atoms with Gasteiger partial charge in [0, 0.05) is 6.20 Å². The first kappa shape index (κ1) is 7.06. The lowest BCUT2D eigenvalue weighted by molar-refractivity contribution is 0.883. The molecule has 66 valence electrons. The molecule has 1 saturated carbocycles. The third-order valence-corrected chi connectivity index (χ3v) is 2.69. The first-order valence-electron chi connectivity index (χ1n) is 4.65. The highest BCUT2D eigenvalue weighted by molar-refractivity contribution is 5.60. The number of rotatable bonds is 1. The van der Waals surface area contributed by atoms with E-state index in [0.29, 0.717) is 0 Å². The highest BCUT2D eigenvalue weighted by atomic mass is 15.2. The highest BCUT2D eigenvalue weighted by Crippen LogP contribution is 2.42. The van der Waals surface area contributed by atoms with E-state index in [9.17, 15) is 0 Å². The Bertz CT molecular complexity index is 454. The van der Waals surface area contributed by atoms with Crippen molar-refractivity contribution in [2.45, 2.75) is 25.7 Å². The highest BCUT2D eigenvalue weighted by Gasteiger charge is 2.26. The van der Waals surface area contributed by atoms with Crippen LogP contribution in [-0.2, 0) is 0 Å². The van der Waals surface area contributed by atoms with Crippen molar-refractivity contribution in [2.24, 2.45) is 0 Å². The Morgan fingerprint density at radius 2 is 2.31 bits per heavy atom. The van der Waals surface area contributed by atoms with Crippen molar-refractivity contribution in [3.8, 4) is 0 Å². The summed E-state index contributed by atoms with van der Waals surface area (Å²) in [7, 11) is 0. The minimum atomic E-state index is 0.773. The largest absolute Gasteiger partial charge is 0.238 e. The first-order chi connectivity index (χ1) is 6.36. The minimum absolute atomic E-state index is 0.773. The number of aromatic nitrogens is 3. The van der Waals surface area contributed by atoms with E-state index in [1.165, 1.54) is 23.9 Å². The zero-order valence-corrected chi connectivity index (χ0v) is 7.57. The van der Waals surface area contributed by atoms with Crippen LogP contribution in [0.5, 0.6) is 0 Å². The molecule has 0 radical (unpaired) electrons. The Kier molecular flexibility index (Phi) is 1.26. The van der Waals surface area contributed by atoms with E-state index in [1.54, 1.807) is 6.33 Å². The van der Waals surface area contributed by atoms with Crippen molar-refractivity contribution in [1.29, 1.82) is 0 Å². The fourth-order valence-corrected chi connectivity index (χ4v) is 1.86. The molecule has 2 aromatic rings. The summed E-state index contributed by atoms with van der Waals surface area (Å²) < 4.78 is 1.93. The molecule has 0 amide bonds. The van der Waals surface area contributed by atoms with Crippen LogP contribution < -0.4 is 0 Å². The lowest BCUT2D eigenvalue weighted by atomic mass is 10.1. The average Bonchev–Trinajstić information content (AvgIpc) is 2.87. The van der Waals surface area contributed by atoms with E-state index >= 15 is 0 Å². The third-order valence-electron chi connectivity index (χ3n) is 2.69. The number of aryl methyl sites for hydroxylation is 1. The van der Waals surface area contributed by atoms with Gasteiger partial charge < -0.3 is 0 Å². The molecule has 0 bridgehead atoms. The summed E-state index contributed by atoms with van der Waals surface area (Å²) in [6.45, 7) is 2.04. The van der Waals surface area contributed by atoms with Gasteiger partial charge in [-0.2, -0.15) is 5.10 Å². The van der Waals surface area contributed by atoms with Gasteiger partial charge in [-0.3, -0.25) is 0 Å². The van der Waals surface area contributed by atoms with Crippen LogP contribution in [0.2, 0.25) is 0 Å². The topological polar surface area (TPSA) is 30.2 Å². The second-order valence-corrected chi connectivity index (χ2v) is 3.68. The Labute approximate surface area is 76.4 Å². The number of hydrogen-bond donors (Lipinski definition) is 0. The molecular formula is C10H11N3. The Morgan fingerprint density at radius 1 is 1.46 bits per heavy atom. The Balaban J connectivity index is 2.34. The zero-order valence-electron chi connectivity index (χ0n) is 7.57. The molecule has 0 saturated heterocycles. The molecule has 2 aromatic heterocycles. The van der Waals surface area contributed by atoms with E-state index < -0.39 is 0 Å². The van der Waals surface area contributed by atoms with Crippen LogP contribution in [0.25, 0.3) is 5.52 Å². The molecule has 0 N–H and O–H groups in total. The van der Waals surface area contributed by atoms with E-state index in [0.717, 1.165) is 11.6 Å². The fourth-order valence-electron chi connectivity index (χ4n) is 1.86. The van der Waals surface area contributed by atoms with Gasteiger partial charge in [0.2, 0.25) is 0 Å². The lowest BCUT2D eigenvalue weighted by Gasteiger charge is -1.99. The van der Waals surface area contributed by atoms with Gasteiger partial charge in [-0.1, -0.05) is 0 Å². The normalized spacial score (nSPS) is 16.7. The number of nitrogens with zero attached hydrogens (tertiary/aromatic N) is 3. The maximum atomic E-state index is 4.22. The molecule has 3 heteroatoms. The average molecular weight is 173 g/mol. The maximum Gasteiger partial charge on any atom is 0.136 e. The molecule has 0 atom stereocenters. The Morgan fingerprint density at radius 3 is 3.08 bits per heavy atom. The summed E-state index contributed by atoms with van der Waals surface area (Å²) in [5, 5.41) is 4.18. The monoisotopic (exact) mass is 173 g/mol. The molecule has 0 aliphatic heterocycles. The van der Waals surface area contributed by atoms with Crippen molar-refractivity contribution in [3.63, 3.8) is 0 Å². The van der Waals surface area contributed by atoms with Crippen LogP contribution in [0.3, 0.4) is 0 Å². The summed E-state index contributed by atoms with van der Waals surface area (Å²) in [6.07, 6.45) is 6.29. The fraction of sp³-hybridized carbons (Fsp3) is 0.400. The quantitative estimate of drug-likeness (QED) is 0.659. The van der Waals surface area contributed by atoms with Crippen LogP contribution in [0.15, 0.2) is 18.6 Å².